The van der Waals surface area contributed by atoms with Gasteiger partial charge in [-0.3, -0.25) is 19.7 Å². The number of rotatable bonds is 5. The molecule has 0 aliphatic carbocycles. The standard InChI is InChI=1S/C21H22F2N4O4/c1-13(17-5-4-16(22)12-18(17)23)24-21(29)15-3-6-19(20(11-15)27(30)31)26-9-7-25(8-10-26)14(2)28/h3-6,11-13H,7-10H2,1-2H3,(H,24,29). The number of benzene rings is 2. The van der Waals surface area contributed by atoms with Crippen molar-refractivity contribution < 1.29 is 23.3 Å². The smallest absolute Gasteiger partial charge is 0.293 e. The van der Waals surface area contributed by atoms with Crippen molar-refractivity contribution in [1.82, 2.24) is 10.2 Å². The van der Waals surface area contributed by atoms with Gasteiger partial charge < -0.3 is 15.1 Å². The third-order valence-electron chi connectivity index (χ3n) is 5.28. The van der Waals surface area contributed by atoms with Crippen LogP contribution in [0.15, 0.2) is 36.4 Å². The molecule has 1 aliphatic heterocycles. The molecule has 10 heteroatoms. The zero-order chi connectivity index (χ0) is 22.7. The van der Waals surface area contributed by atoms with Gasteiger partial charge in [0.2, 0.25) is 5.91 Å². The number of carbonyl (C=O) groups is 2. The molecule has 1 atom stereocenters. The Morgan fingerprint density at radius 1 is 1.10 bits per heavy atom. The Kier molecular flexibility index (Phi) is 6.47. The monoisotopic (exact) mass is 432 g/mol. The molecule has 1 saturated heterocycles. The number of anilines is 1. The highest BCUT2D eigenvalue weighted by atomic mass is 19.1. The Bertz CT molecular complexity index is 1020. The summed E-state index contributed by atoms with van der Waals surface area (Å²) in [6.07, 6.45) is 0. The molecule has 3 rings (SSSR count). The molecule has 0 spiro atoms. The minimum Gasteiger partial charge on any atom is -0.362 e. The van der Waals surface area contributed by atoms with Crippen LogP contribution < -0.4 is 10.2 Å². The van der Waals surface area contributed by atoms with Crippen molar-refractivity contribution >= 4 is 23.2 Å². The third kappa shape index (κ3) is 4.96. The zero-order valence-electron chi connectivity index (χ0n) is 17.1. The van der Waals surface area contributed by atoms with Crippen LogP contribution in [-0.2, 0) is 4.79 Å². The van der Waals surface area contributed by atoms with E-state index in [0.717, 1.165) is 12.1 Å². The predicted octanol–water partition coefficient (Wildman–Crippen LogP) is 3.03. The van der Waals surface area contributed by atoms with Crippen LogP contribution in [0.5, 0.6) is 0 Å². The van der Waals surface area contributed by atoms with E-state index < -0.39 is 28.5 Å². The molecule has 2 amide bonds. The minimum atomic E-state index is -0.793. The highest BCUT2D eigenvalue weighted by molar-refractivity contribution is 5.96. The second kappa shape index (κ2) is 9.07. The van der Waals surface area contributed by atoms with Crippen LogP contribution in [0.2, 0.25) is 0 Å². The van der Waals surface area contributed by atoms with Gasteiger partial charge in [0.25, 0.3) is 11.6 Å². The van der Waals surface area contributed by atoms with Crippen LogP contribution in [0, 0.1) is 21.7 Å². The average molecular weight is 432 g/mol. The molecule has 1 N–H and O–H groups in total. The predicted molar refractivity (Wildman–Crippen MR) is 110 cm³/mol. The van der Waals surface area contributed by atoms with Crippen LogP contribution in [0.1, 0.15) is 35.8 Å². The number of nitrogens with one attached hydrogen (secondary N) is 1. The fourth-order valence-electron chi connectivity index (χ4n) is 3.55. The molecular formula is C21H22F2N4O4. The summed E-state index contributed by atoms with van der Waals surface area (Å²) in [5.74, 6) is -2.19. The lowest BCUT2D eigenvalue weighted by Gasteiger charge is -2.35. The number of nitro groups is 1. The van der Waals surface area contributed by atoms with Crippen molar-refractivity contribution in [1.29, 1.82) is 0 Å². The molecule has 164 valence electrons. The highest BCUT2D eigenvalue weighted by Crippen LogP contribution is 2.30. The molecule has 8 nitrogen and oxygen atoms in total. The number of nitro benzene ring substituents is 1. The second-order valence-corrected chi connectivity index (χ2v) is 7.31. The maximum Gasteiger partial charge on any atom is 0.293 e. The van der Waals surface area contributed by atoms with E-state index in [0.29, 0.717) is 31.9 Å². The Morgan fingerprint density at radius 3 is 2.35 bits per heavy atom. The molecule has 1 fully saturated rings. The van der Waals surface area contributed by atoms with Gasteiger partial charge in [-0.2, -0.15) is 0 Å². The van der Waals surface area contributed by atoms with Crippen LogP contribution in [0.3, 0.4) is 0 Å². The Morgan fingerprint density at radius 2 is 1.77 bits per heavy atom. The Hall–Kier alpha value is -3.56. The summed E-state index contributed by atoms with van der Waals surface area (Å²) in [6.45, 7) is 4.79. The fourth-order valence-corrected chi connectivity index (χ4v) is 3.55. The van der Waals surface area contributed by atoms with Crippen molar-refractivity contribution in [3.8, 4) is 0 Å². The number of hydrogen-bond acceptors (Lipinski definition) is 5. The molecule has 1 unspecified atom stereocenters. The van der Waals surface area contributed by atoms with E-state index in [9.17, 15) is 28.5 Å². The van der Waals surface area contributed by atoms with Gasteiger partial charge in [-0.25, -0.2) is 8.78 Å². The van der Waals surface area contributed by atoms with Gasteiger partial charge >= 0.3 is 0 Å². The number of piperazine rings is 1. The van der Waals surface area contributed by atoms with Crippen LogP contribution in [0.25, 0.3) is 0 Å². The van der Waals surface area contributed by atoms with Gasteiger partial charge in [0, 0.05) is 56.4 Å². The molecular weight excluding hydrogens is 410 g/mol. The zero-order valence-corrected chi connectivity index (χ0v) is 17.1. The largest absolute Gasteiger partial charge is 0.362 e. The topological polar surface area (TPSA) is 95.8 Å². The van der Waals surface area contributed by atoms with Crippen LogP contribution in [-0.4, -0.2) is 47.8 Å². The Labute approximate surface area is 177 Å². The van der Waals surface area contributed by atoms with Gasteiger partial charge in [-0.15, -0.1) is 0 Å². The molecule has 31 heavy (non-hydrogen) atoms. The molecule has 2 aromatic rings. The normalized spacial score (nSPS) is 14.8. The van der Waals surface area contributed by atoms with Gasteiger partial charge in [0.15, 0.2) is 0 Å². The lowest BCUT2D eigenvalue weighted by molar-refractivity contribution is -0.384. The second-order valence-electron chi connectivity index (χ2n) is 7.31. The molecule has 1 heterocycles. The van der Waals surface area contributed by atoms with E-state index in [4.69, 9.17) is 0 Å². The number of amides is 2. The van der Waals surface area contributed by atoms with E-state index >= 15 is 0 Å². The summed E-state index contributed by atoms with van der Waals surface area (Å²) in [7, 11) is 0. The maximum atomic E-state index is 13.9. The first-order valence-corrected chi connectivity index (χ1v) is 9.72. The number of halogens is 2. The Balaban J connectivity index is 1.78. The van der Waals surface area contributed by atoms with Crippen molar-refractivity contribution in [3.05, 3.63) is 69.3 Å². The van der Waals surface area contributed by atoms with E-state index in [1.807, 2.05) is 0 Å². The molecule has 0 bridgehead atoms. The highest BCUT2D eigenvalue weighted by Gasteiger charge is 2.26. The van der Waals surface area contributed by atoms with Gasteiger partial charge in [-0.1, -0.05) is 6.07 Å². The number of carbonyl (C=O) groups excluding carboxylic acids is 2. The van der Waals surface area contributed by atoms with E-state index in [1.165, 1.54) is 38.1 Å². The lowest BCUT2D eigenvalue weighted by Crippen LogP contribution is -2.48. The average Bonchev–Trinajstić information content (AvgIpc) is 2.73. The first kappa shape index (κ1) is 22.1. The minimum absolute atomic E-state index is 0.0483. The van der Waals surface area contributed by atoms with Crippen molar-refractivity contribution in [3.63, 3.8) is 0 Å². The summed E-state index contributed by atoms with van der Waals surface area (Å²) >= 11 is 0. The molecule has 0 saturated carbocycles. The quantitative estimate of drug-likeness (QED) is 0.579. The van der Waals surface area contributed by atoms with Gasteiger partial charge in [-0.05, 0) is 25.1 Å². The van der Waals surface area contributed by atoms with Gasteiger partial charge in [0.1, 0.15) is 17.3 Å². The van der Waals surface area contributed by atoms with Crippen molar-refractivity contribution in [2.75, 3.05) is 31.1 Å². The van der Waals surface area contributed by atoms with E-state index in [2.05, 4.69) is 5.32 Å². The van der Waals surface area contributed by atoms with Crippen molar-refractivity contribution in [2.45, 2.75) is 19.9 Å². The van der Waals surface area contributed by atoms with E-state index in [-0.39, 0.29) is 22.7 Å². The SMILES string of the molecule is CC(=O)N1CCN(c2ccc(C(=O)NC(C)c3ccc(F)cc3F)cc2[N+](=O)[O-])CC1. The summed E-state index contributed by atoms with van der Waals surface area (Å²) in [4.78, 5) is 38.6. The van der Waals surface area contributed by atoms with Crippen molar-refractivity contribution in [2.24, 2.45) is 0 Å². The van der Waals surface area contributed by atoms with E-state index in [1.54, 1.807) is 9.80 Å². The first-order valence-electron chi connectivity index (χ1n) is 9.72. The van der Waals surface area contributed by atoms with Crippen LogP contribution >= 0.6 is 0 Å². The molecule has 2 aromatic carbocycles. The molecule has 0 aromatic heterocycles. The lowest BCUT2D eigenvalue weighted by atomic mass is 10.1. The fraction of sp³-hybridized carbons (Fsp3) is 0.333. The summed E-state index contributed by atoms with van der Waals surface area (Å²) in [5, 5.41) is 14.2. The third-order valence-corrected chi connectivity index (χ3v) is 5.28. The molecule has 1 aliphatic rings. The number of hydrogen-bond donors (Lipinski definition) is 1. The summed E-state index contributed by atoms with van der Waals surface area (Å²) in [5.41, 5.74) is 0.281. The maximum absolute atomic E-state index is 13.9. The summed E-state index contributed by atoms with van der Waals surface area (Å²) in [6, 6.07) is 6.42. The summed E-state index contributed by atoms with van der Waals surface area (Å²) < 4.78 is 27.0. The molecule has 0 radical (unpaired) electrons. The van der Waals surface area contributed by atoms with Gasteiger partial charge in [0.05, 0.1) is 11.0 Å². The van der Waals surface area contributed by atoms with Crippen LogP contribution in [0.4, 0.5) is 20.2 Å². The number of nitrogens with zero attached hydrogens (tertiary/aromatic N) is 3. The first-order chi connectivity index (χ1) is 14.7.